The predicted octanol–water partition coefficient (Wildman–Crippen LogP) is 4.96. The van der Waals surface area contributed by atoms with Gasteiger partial charge in [-0.2, -0.15) is 0 Å². The van der Waals surface area contributed by atoms with Crippen LogP contribution in [-0.4, -0.2) is 24.6 Å². The number of ether oxygens (including phenoxy) is 2. The minimum atomic E-state index is -0.476. The Morgan fingerprint density at radius 1 is 0.966 bits per heavy atom. The molecular weight excluding hydrogens is 364 g/mol. The number of nitrogens with zero attached hydrogens (tertiary/aromatic N) is 1. The highest BCUT2D eigenvalue weighted by Crippen LogP contribution is 2.38. The van der Waals surface area contributed by atoms with Gasteiger partial charge >= 0.3 is 0 Å². The van der Waals surface area contributed by atoms with E-state index >= 15 is 0 Å². The second-order valence-electron chi connectivity index (χ2n) is 7.07. The summed E-state index contributed by atoms with van der Waals surface area (Å²) in [6.45, 7) is 0.221. The average molecular weight is 384 g/mol. The van der Waals surface area contributed by atoms with Crippen molar-refractivity contribution in [1.29, 1.82) is 0 Å². The number of hydrogen-bond donors (Lipinski definition) is 1. The Morgan fingerprint density at radius 2 is 1.72 bits per heavy atom. The van der Waals surface area contributed by atoms with Crippen LogP contribution in [0.2, 0.25) is 0 Å². The lowest BCUT2D eigenvalue weighted by Crippen LogP contribution is -2.31. The molecule has 29 heavy (non-hydrogen) atoms. The van der Waals surface area contributed by atoms with E-state index in [2.05, 4.69) is 4.98 Å². The summed E-state index contributed by atoms with van der Waals surface area (Å²) in [7, 11) is 1.93. The fourth-order valence-electron chi connectivity index (χ4n) is 3.86. The number of ketones is 1. The molecule has 0 aliphatic carbocycles. The molecule has 0 fully saturated rings. The number of Topliss-reactive ketones (excluding diaryl/α,β-unsaturated/α-hetero) is 1. The minimum Gasteiger partial charge on any atom is -0.454 e. The van der Waals surface area contributed by atoms with Crippen molar-refractivity contribution < 1.29 is 14.3 Å². The van der Waals surface area contributed by atoms with Gasteiger partial charge in [0.05, 0.1) is 0 Å². The molecule has 5 heteroatoms. The van der Waals surface area contributed by atoms with Crippen LogP contribution in [0.5, 0.6) is 11.5 Å². The molecule has 3 aromatic carbocycles. The van der Waals surface area contributed by atoms with Crippen molar-refractivity contribution >= 4 is 22.4 Å². The molecule has 0 spiro atoms. The quantitative estimate of drug-likeness (QED) is 0.494. The lowest BCUT2D eigenvalue weighted by Gasteiger charge is -2.29. The van der Waals surface area contributed by atoms with E-state index < -0.39 is 6.04 Å². The fraction of sp³-hybridized carbons (Fsp3) is 0.125. The van der Waals surface area contributed by atoms with E-state index in [-0.39, 0.29) is 12.6 Å². The van der Waals surface area contributed by atoms with Crippen molar-refractivity contribution in [1.82, 2.24) is 4.98 Å². The van der Waals surface area contributed by atoms with Gasteiger partial charge in [-0.25, -0.2) is 0 Å². The summed E-state index contributed by atoms with van der Waals surface area (Å²) >= 11 is 0. The molecule has 0 saturated carbocycles. The number of carbonyl (C=O) groups is 1. The number of aromatic amines is 1. The van der Waals surface area contributed by atoms with Gasteiger partial charge in [-0.1, -0.05) is 48.5 Å². The highest BCUT2D eigenvalue weighted by atomic mass is 16.7. The van der Waals surface area contributed by atoms with Gasteiger partial charge < -0.3 is 19.4 Å². The van der Waals surface area contributed by atoms with E-state index in [1.807, 2.05) is 84.7 Å². The van der Waals surface area contributed by atoms with E-state index in [0.29, 0.717) is 11.3 Å². The van der Waals surface area contributed by atoms with Crippen molar-refractivity contribution in [2.45, 2.75) is 6.04 Å². The molecular formula is C24H20N2O3. The highest BCUT2D eigenvalue weighted by molar-refractivity contribution is 6.11. The van der Waals surface area contributed by atoms with Crippen molar-refractivity contribution in [3.8, 4) is 11.5 Å². The summed E-state index contributed by atoms with van der Waals surface area (Å²) in [5, 5.41) is 0.928. The Balaban J connectivity index is 1.59. The zero-order valence-electron chi connectivity index (χ0n) is 16.0. The zero-order valence-corrected chi connectivity index (χ0v) is 16.0. The smallest absolute Gasteiger partial charge is 0.231 e. The summed E-state index contributed by atoms with van der Waals surface area (Å²) in [5.74, 6) is 1.45. The Bertz CT molecular complexity index is 1180. The van der Waals surface area contributed by atoms with Crippen LogP contribution >= 0.6 is 0 Å². The Morgan fingerprint density at radius 3 is 2.59 bits per heavy atom. The minimum absolute atomic E-state index is 0.0359. The third-order valence-electron chi connectivity index (χ3n) is 5.37. The van der Waals surface area contributed by atoms with Crippen LogP contribution in [0.25, 0.3) is 10.9 Å². The van der Waals surface area contributed by atoms with Crippen LogP contribution in [-0.2, 0) is 0 Å². The molecule has 0 saturated heterocycles. The highest BCUT2D eigenvalue weighted by Gasteiger charge is 2.29. The summed E-state index contributed by atoms with van der Waals surface area (Å²) in [6, 6.07) is 23.0. The summed E-state index contributed by atoms with van der Waals surface area (Å²) in [5.41, 5.74) is 3.45. The first-order chi connectivity index (χ1) is 14.2. The Kier molecular flexibility index (Phi) is 4.21. The zero-order chi connectivity index (χ0) is 19.8. The molecule has 0 radical (unpaired) electrons. The SMILES string of the molecule is CN(c1ccc2c(c1)OCO2)C(C(=O)c1c[nH]c2ccccc12)c1ccccc1. The lowest BCUT2D eigenvalue weighted by molar-refractivity contribution is 0.0961. The predicted molar refractivity (Wildman–Crippen MR) is 113 cm³/mol. The normalized spacial score (nSPS) is 13.4. The number of fused-ring (bicyclic) bond motifs is 2. The average Bonchev–Trinajstić information content (AvgIpc) is 3.41. The first-order valence-electron chi connectivity index (χ1n) is 9.50. The molecule has 5 rings (SSSR count). The summed E-state index contributed by atoms with van der Waals surface area (Å²) < 4.78 is 10.9. The molecule has 144 valence electrons. The van der Waals surface area contributed by atoms with Crippen molar-refractivity contribution in [2.75, 3.05) is 18.7 Å². The van der Waals surface area contributed by atoms with Crippen LogP contribution in [0.3, 0.4) is 0 Å². The maximum absolute atomic E-state index is 13.8. The van der Waals surface area contributed by atoms with E-state index in [4.69, 9.17) is 9.47 Å². The molecule has 1 atom stereocenters. The summed E-state index contributed by atoms with van der Waals surface area (Å²) in [6.07, 6.45) is 1.80. The molecule has 1 N–H and O–H groups in total. The fourth-order valence-corrected chi connectivity index (χ4v) is 3.86. The van der Waals surface area contributed by atoms with Gasteiger partial charge in [0.15, 0.2) is 17.3 Å². The van der Waals surface area contributed by atoms with Crippen molar-refractivity contribution in [3.05, 3.63) is 90.1 Å². The molecule has 5 nitrogen and oxygen atoms in total. The van der Waals surface area contributed by atoms with Gasteiger partial charge in [0.2, 0.25) is 6.79 Å². The number of hydrogen-bond acceptors (Lipinski definition) is 4. The van der Waals surface area contributed by atoms with E-state index in [9.17, 15) is 4.79 Å². The van der Waals surface area contributed by atoms with Gasteiger partial charge in [0.25, 0.3) is 0 Å². The van der Waals surface area contributed by atoms with Crippen LogP contribution in [0.4, 0.5) is 5.69 Å². The first-order valence-corrected chi connectivity index (χ1v) is 9.50. The number of aromatic nitrogens is 1. The maximum Gasteiger partial charge on any atom is 0.231 e. The number of H-pyrrole nitrogens is 1. The number of benzene rings is 3. The molecule has 0 bridgehead atoms. The standard InChI is InChI=1S/C24H20N2O3/c1-26(17-11-12-21-22(13-17)29-15-28-21)23(16-7-3-2-4-8-16)24(27)19-14-25-20-10-6-5-9-18(19)20/h2-14,23,25H,15H2,1H3. The maximum atomic E-state index is 13.8. The van der Waals surface area contributed by atoms with Gasteiger partial charge in [-0.05, 0) is 23.8 Å². The van der Waals surface area contributed by atoms with Crippen molar-refractivity contribution in [2.24, 2.45) is 0 Å². The Labute approximate surface area is 168 Å². The van der Waals surface area contributed by atoms with Gasteiger partial charge in [-0.15, -0.1) is 0 Å². The monoisotopic (exact) mass is 384 g/mol. The molecule has 1 aromatic heterocycles. The van der Waals surface area contributed by atoms with Crippen molar-refractivity contribution in [3.63, 3.8) is 0 Å². The van der Waals surface area contributed by atoms with E-state index in [1.54, 1.807) is 6.20 Å². The number of nitrogens with one attached hydrogen (secondary N) is 1. The topological polar surface area (TPSA) is 54.6 Å². The molecule has 1 aliphatic heterocycles. The lowest BCUT2D eigenvalue weighted by atomic mass is 9.95. The molecule has 2 heterocycles. The number of rotatable bonds is 5. The molecule has 1 unspecified atom stereocenters. The summed E-state index contributed by atoms with van der Waals surface area (Å²) in [4.78, 5) is 19.0. The largest absolute Gasteiger partial charge is 0.454 e. The van der Waals surface area contributed by atoms with Gasteiger partial charge in [0, 0.05) is 41.5 Å². The third-order valence-corrected chi connectivity index (χ3v) is 5.37. The number of carbonyl (C=O) groups excluding carboxylic acids is 1. The second-order valence-corrected chi connectivity index (χ2v) is 7.07. The van der Waals surface area contributed by atoms with E-state index in [0.717, 1.165) is 27.9 Å². The number of para-hydroxylation sites is 1. The Hall–Kier alpha value is -3.73. The molecule has 4 aromatic rings. The van der Waals surface area contributed by atoms with Gasteiger partial charge in [0.1, 0.15) is 6.04 Å². The first kappa shape index (κ1) is 17.4. The molecule has 0 amide bonds. The van der Waals surface area contributed by atoms with Crippen LogP contribution in [0, 0.1) is 0 Å². The number of anilines is 1. The molecule has 1 aliphatic rings. The van der Waals surface area contributed by atoms with E-state index in [1.165, 1.54) is 0 Å². The second kappa shape index (κ2) is 7.02. The number of likely N-dealkylation sites (N-methyl/N-ethyl adjacent to an activating group) is 1. The van der Waals surface area contributed by atoms with Gasteiger partial charge in [-0.3, -0.25) is 4.79 Å². The van der Waals surface area contributed by atoms with Crippen LogP contribution in [0.15, 0.2) is 79.0 Å². The third kappa shape index (κ3) is 3.01. The van der Waals surface area contributed by atoms with Crippen LogP contribution < -0.4 is 14.4 Å². The van der Waals surface area contributed by atoms with Crippen LogP contribution in [0.1, 0.15) is 22.0 Å².